The summed E-state index contributed by atoms with van der Waals surface area (Å²) in [6.07, 6.45) is 0. The normalized spacial score (nSPS) is 14.4. The van der Waals surface area contributed by atoms with Crippen molar-refractivity contribution in [1.29, 1.82) is 0 Å². The number of hydrogen-bond donors (Lipinski definition) is 0. The van der Waals surface area contributed by atoms with E-state index in [0.717, 1.165) is 0 Å². The van der Waals surface area contributed by atoms with E-state index >= 15 is 0 Å². The number of aromatic nitrogens is 1. The largest absolute Gasteiger partial charge is 0.342 e. The highest BCUT2D eigenvalue weighted by Gasteiger charge is 2.35. The summed E-state index contributed by atoms with van der Waals surface area (Å²) in [4.78, 5) is 2.44. The first-order chi connectivity index (χ1) is 19.7. The maximum absolute atomic E-state index is 2.44. The van der Waals surface area contributed by atoms with E-state index in [1.165, 1.54) is 55.7 Å². The lowest BCUT2D eigenvalue weighted by molar-refractivity contribution is -0.619. The number of fused-ring (bicyclic) bond motifs is 2. The van der Waals surface area contributed by atoms with Gasteiger partial charge in [-0.2, -0.15) is 0 Å². The molecule has 2 heterocycles. The Balaban J connectivity index is 1.44. The van der Waals surface area contributed by atoms with Crippen LogP contribution in [0.5, 0.6) is 0 Å². The van der Waals surface area contributed by atoms with Gasteiger partial charge in [0.1, 0.15) is 18.1 Å². The molecular weight excluding hydrogens is 484 g/mol. The van der Waals surface area contributed by atoms with Crippen LogP contribution in [0, 0.1) is 6.67 Å². The van der Waals surface area contributed by atoms with Crippen LogP contribution in [0.4, 0.5) is 5.69 Å². The Morgan fingerprint density at radius 3 is 2.12 bits per heavy atom. The van der Waals surface area contributed by atoms with Gasteiger partial charge < -0.3 is 9.47 Å². The Morgan fingerprint density at radius 2 is 1.30 bits per heavy atom. The standard InChI is InChI=1S/C38H32N2/c1-27(2)28-22-24-31(25-23-28)39-26-40-36(34-19-10-15-30-14-6-7-16-32(30)34)20-11-21-37(40)38(39)35-18-9-8-17-33(35)29-12-4-3-5-13-29/h3-27,38H,1-2H3. The number of hydrogen-bond acceptors (Lipinski definition) is 1. The van der Waals surface area contributed by atoms with Gasteiger partial charge in [0.05, 0.1) is 6.04 Å². The predicted octanol–water partition coefficient (Wildman–Crippen LogP) is 9.16. The monoisotopic (exact) mass is 516 g/mol. The number of benzene rings is 5. The summed E-state index contributed by atoms with van der Waals surface area (Å²) < 4.78 is 2.39. The Morgan fingerprint density at radius 1 is 0.625 bits per heavy atom. The number of anilines is 1. The summed E-state index contributed by atoms with van der Waals surface area (Å²) in [5.74, 6) is 0.496. The van der Waals surface area contributed by atoms with E-state index in [1.54, 1.807) is 0 Å². The van der Waals surface area contributed by atoms with Crippen LogP contribution >= 0.6 is 0 Å². The van der Waals surface area contributed by atoms with Crippen molar-refractivity contribution in [2.75, 3.05) is 4.90 Å². The summed E-state index contributed by atoms with van der Waals surface area (Å²) >= 11 is 0. The Bertz CT molecular complexity index is 1800. The summed E-state index contributed by atoms with van der Waals surface area (Å²) in [5, 5.41) is 2.52. The molecule has 2 nitrogen and oxygen atoms in total. The van der Waals surface area contributed by atoms with Gasteiger partial charge in [0.2, 0.25) is 0 Å². The maximum atomic E-state index is 2.44. The van der Waals surface area contributed by atoms with E-state index < -0.39 is 0 Å². The van der Waals surface area contributed by atoms with Crippen LogP contribution in [0.2, 0.25) is 0 Å². The van der Waals surface area contributed by atoms with Gasteiger partial charge in [-0.25, -0.2) is 0 Å². The minimum Gasteiger partial charge on any atom is -0.342 e. The van der Waals surface area contributed by atoms with Crippen molar-refractivity contribution in [3.63, 3.8) is 0 Å². The topological polar surface area (TPSA) is 7.12 Å². The first-order valence-corrected chi connectivity index (χ1v) is 14.1. The predicted molar refractivity (Wildman–Crippen MR) is 166 cm³/mol. The minimum absolute atomic E-state index is 0.0243. The van der Waals surface area contributed by atoms with Crippen molar-refractivity contribution in [3.05, 3.63) is 163 Å². The fourth-order valence-electron chi connectivity index (χ4n) is 6.06. The summed E-state index contributed by atoms with van der Waals surface area (Å²) in [7, 11) is 0. The fourth-order valence-corrected chi connectivity index (χ4v) is 6.06. The molecular formula is C38H32N2. The van der Waals surface area contributed by atoms with Crippen molar-refractivity contribution in [1.82, 2.24) is 0 Å². The lowest BCUT2D eigenvalue weighted by Gasteiger charge is -2.28. The second-order valence-corrected chi connectivity index (χ2v) is 10.9. The number of nitrogens with zero attached hydrogens (tertiary/aromatic N) is 2. The highest BCUT2D eigenvalue weighted by atomic mass is 15.3. The van der Waals surface area contributed by atoms with E-state index in [-0.39, 0.29) is 6.04 Å². The van der Waals surface area contributed by atoms with Crippen LogP contribution in [0.15, 0.2) is 140 Å². The average Bonchev–Trinajstić information content (AvgIpc) is 3.41. The van der Waals surface area contributed by atoms with Gasteiger partial charge in [-0.3, -0.25) is 0 Å². The molecule has 1 aromatic heterocycles. The van der Waals surface area contributed by atoms with Crippen molar-refractivity contribution in [3.8, 4) is 22.4 Å². The van der Waals surface area contributed by atoms with E-state index in [9.17, 15) is 0 Å². The highest BCUT2D eigenvalue weighted by molar-refractivity contribution is 5.95. The lowest BCUT2D eigenvalue weighted by Crippen LogP contribution is -2.36. The van der Waals surface area contributed by atoms with Crippen LogP contribution in [0.3, 0.4) is 0 Å². The molecule has 2 heteroatoms. The van der Waals surface area contributed by atoms with Crippen LogP contribution in [0.1, 0.15) is 42.6 Å². The van der Waals surface area contributed by atoms with Crippen LogP contribution in [-0.2, 0) is 0 Å². The summed E-state index contributed by atoms with van der Waals surface area (Å²) in [6.45, 7) is 6.79. The molecule has 1 aliphatic rings. The molecule has 6 aromatic rings. The molecule has 5 aromatic carbocycles. The van der Waals surface area contributed by atoms with Crippen molar-refractivity contribution >= 4 is 16.5 Å². The molecule has 7 rings (SSSR count). The third-order valence-corrected chi connectivity index (χ3v) is 8.12. The van der Waals surface area contributed by atoms with Crippen LogP contribution < -0.4 is 9.47 Å². The molecule has 0 bridgehead atoms. The molecule has 1 unspecified atom stereocenters. The first-order valence-electron chi connectivity index (χ1n) is 14.1. The molecule has 0 N–H and O–H groups in total. The fraction of sp³-hybridized carbons (Fsp3) is 0.105. The smallest absolute Gasteiger partial charge is 0.145 e. The number of pyridine rings is 1. The molecule has 0 saturated heterocycles. The Hall–Kier alpha value is -4.82. The molecule has 1 aliphatic heterocycles. The molecule has 1 atom stereocenters. The second-order valence-electron chi connectivity index (χ2n) is 10.9. The first kappa shape index (κ1) is 24.2. The van der Waals surface area contributed by atoms with Gasteiger partial charge in [-0.15, -0.1) is 0 Å². The Kier molecular flexibility index (Phi) is 6.09. The third kappa shape index (κ3) is 4.13. The lowest BCUT2D eigenvalue weighted by atomic mass is 9.92. The third-order valence-electron chi connectivity index (χ3n) is 8.12. The second kappa shape index (κ2) is 10.1. The zero-order valence-corrected chi connectivity index (χ0v) is 22.9. The highest BCUT2D eigenvalue weighted by Crippen LogP contribution is 2.42. The van der Waals surface area contributed by atoms with Crippen molar-refractivity contribution in [2.45, 2.75) is 25.8 Å². The van der Waals surface area contributed by atoms with E-state index in [0.29, 0.717) is 5.92 Å². The molecule has 0 radical (unpaired) electrons. The van der Waals surface area contributed by atoms with Crippen LogP contribution in [0.25, 0.3) is 33.2 Å². The maximum Gasteiger partial charge on any atom is 0.145 e. The van der Waals surface area contributed by atoms with E-state index in [4.69, 9.17) is 0 Å². The molecule has 194 valence electrons. The van der Waals surface area contributed by atoms with E-state index in [1.807, 2.05) is 0 Å². The van der Waals surface area contributed by atoms with Crippen molar-refractivity contribution in [2.24, 2.45) is 0 Å². The molecule has 0 aliphatic carbocycles. The SMILES string of the molecule is CC(C)c1ccc(N2[CH-][n+]3c(-c4cccc5ccccc45)cccc3C2c2ccccc2-c2ccccc2)cc1. The molecule has 0 fully saturated rings. The van der Waals surface area contributed by atoms with Gasteiger partial charge in [-0.1, -0.05) is 129 Å². The van der Waals surface area contributed by atoms with Gasteiger partial charge in [0.25, 0.3) is 0 Å². The van der Waals surface area contributed by atoms with Crippen molar-refractivity contribution < 1.29 is 4.57 Å². The molecule has 0 spiro atoms. The number of rotatable bonds is 5. The van der Waals surface area contributed by atoms with Gasteiger partial charge in [-0.05, 0) is 68.8 Å². The minimum atomic E-state index is 0.0243. The van der Waals surface area contributed by atoms with Crippen LogP contribution in [-0.4, -0.2) is 0 Å². The van der Waals surface area contributed by atoms with E-state index in [2.05, 4.69) is 170 Å². The quantitative estimate of drug-likeness (QED) is 0.164. The molecule has 0 saturated carbocycles. The zero-order chi connectivity index (χ0) is 27.1. The Labute approximate surface area is 236 Å². The average molecular weight is 517 g/mol. The summed E-state index contributed by atoms with van der Waals surface area (Å²) in [5.41, 5.74) is 10.0. The zero-order valence-electron chi connectivity index (χ0n) is 22.9. The molecule has 0 amide bonds. The van der Waals surface area contributed by atoms with Gasteiger partial charge >= 0.3 is 0 Å². The van der Waals surface area contributed by atoms with Gasteiger partial charge in [0, 0.05) is 5.69 Å². The molecule has 40 heavy (non-hydrogen) atoms. The van der Waals surface area contributed by atoms with Gasteiger partial charge in [0.15, 0.2) is 0 Å². The summed E-state index contributed by atoms with van der Waals surface area (Å²) in [6, 6.07) is 50.7.